The molecule has 0 spiro atoms. The molecule has 37 heavy (non-hydrogen) atoms. The number of aromatic amines is 1. The van der Waals surface area contributed by atoms with Crippen LogP contribution in [0.2, 0.25) is 0 Å². The summed E-state index contributed by atoms with van der Waals surface area (Å²) in [7, 11) is 0. The molecule has 0 aliphatic carbocycles. The second-order valence-electron chi connectivity index (χ2n) is 9.01. The van der Waals surface area contributed by atoms with Crippen molar-refractivity contribution in [2.45, 2.75) is 56.3 Å². The summed E-state index contributed by atoms with van der Waals surface area (Å²) in [4.78, 5) is 59.5. The summed E-state index contributed by atoms with van der Waals surface area (Å²) in [5.41, 5.74) is 7.63. The minimum absolute atomic E-state index is 0.221. The summed E-state index contributed by atoms with van der Waals surface area (Å²) in [6.45, 7) is 0.334. The number of carbonyl (C=O) groups is 4. The van der Waals surface area contributed by atoms with E-state index in [9.17, 15) is 24.3 Å². The molecule has 2 heterocycles. The highest BCUT2D eigenvalue weighted by atomic mass is 32.2. The maximum absolute atomic E-state index is 13.7. The summed E-state index contributed by atoms with van der Waals surface area (Å²) in [6, 6.07) is 5.57. The predicted octanol–water partition coefficient (Wildman–Crippen LogP) is 0.321. The third kappa shape index (κ3) is 8.05. The van der Waals surface area contributed by atoms with Crippen molar-refractivity contribution in [3.05, 3.63) is 54.1 Å². The van der Waals surface area contributed by atoms with E-state index in [0.29, 0.717) is 30.8 Å². The maximum atomic E-state index is 13.7. The van der Waals surface area contributed by atoms with Gasteiger partial charge in [-0.05, 0) is 36.8 Å². The Hall–Kier alpha value is -3.38. The highest BCUT2D eigenvalue weighted by molar-refractivity contribution is 7.98. The first-order valence-electron chi connectivity index (χ1n) is 12.2. The van der Waals surface area contributed by atoms with Gasteiger partial charge in [0.05, 0.1) is 12.4 Å². The third-order valence-electron chi connectivity index (χ3n) is 6.29. The number of imidazole rings is 1. The number of carboxylic acid groups (broad SMARTS) is 1. The molecule has 4 unspecified atom stereocenters. The Morgan fingerprint density at radius 3 is 2.59 bits per heavy atom. The molecule has 0 saturated carbocycles. The van der Waals surface area contributed by atoms with E-state index in [0.717, 1.165) is 5.56 Å². The lowest BCUT2D eigenvalue weighted by Crippen LogP contribution is -2.57. The van der Waals surface area contributed by atoms with Gasteiger partial charge in [0.2, 0.25) is 17.7 Å². The number of thioether (sulfide) groups is 1. The molecule has 200 valence electrons. The molecule has 2 aromatic rings. The molecule has 11 nitrogen and oxygen atoms in total. The number of aromatic nitrogens is 2. The minimum Gasteiger partial charge on any atom is -0.480 e. The molecule has 3 amide bonds. The number of rotatable bonds is 13. The van der Waals surface area contributed by atoms with Crippen molar-refractivity contribution in [2.24, 2.45) is 5.73 Å². The van der Waals surface area contributed by atoms with Gasteiger partial charge in [-0.2, -0.15) is 11.8 Å². The molecule has 0 bridgehead atoms. The summed E-state index contributed by atoms with van der Waals surface area (Å²) in [5, 5.41) is 14.9. The van der Waals surface area contributed by atoms with E-state index in [2.05, 4.69) is 20.6 Å². The van der Waals surface area contributed by atoms with Gasteiger partial charge in [-0.15, -0.1) is 0 Å². The fourth-order valence-corrected chi connectivity index (χ4v) is 4.79. The number of hydrogen-bond donors (Lipinski definition) is 5. The van der Waals surface area contributed by atoms with Crippen LogP contribution < -0.4 is 16.4 Å². The van der Waals surface area contributed by atoms with Crippen LogP contribution in [0.4, 0.5) is 0 Å². The number of benzene rings is 1. The first-order valence-corrected chi connectivity index (χ1v) is 13.6. The fourth-order valence-electron chi connectivity index (χ4n) is 4.32. The normalized spacial score (nSPS) is 17.6. The Labute approximate surface area is 220 Å². The average molecular weight is 531 g/mol. The van der Waals surface area contributed by atoms with Crippen LogP contribution in [0.5, 0.6) is 0 Å². The molecule has 4 atom stereocenters. The second kappa shape index (κ2) is 13.8. The smallest absolute Gasteiger partial charge is 0.326 e. The highest BCUT2D eigenvalue weighted by Crippen LogP contribution is 2.20. The van der Waals surface area contributed by atoms with Crippen LogP contribution in [-0.4, -0.2) is 86.4 Å². The van der Waals surface area contributed by atoms with Gasteiger partial charge in [0, 0.05) is 31.3 Å². The third-order valence-corrected chi connectivity index (χ3v) is 6.94. The Kier molecular flexibility index (Phi) is 10.5. The van der Waals surface area contributed by atoms with Gasteiger partial charge in [-0.3, -0.25) is 14.4 Å². The van der Waals surface area contributed by atoms with Crippen molar-refractivity contribution in [1.29, 1.82) is 0 Å². The van der Waals surface area contributed by atoms with Gasteiger partial charge in [0.15, 0.2) is 0 Å². The molecule has 1 aliphatic heterocycles. The Morgan fingerprint density at radius 1 is 1.19 bits per heavy atom. The standard InChI is InChI=1S/C25H34N6O5S/c1-37-11-9-19(25(35)36)29-23(33)21-8-5-10-31(21)24(34)20(12-16-6-3-2-4-7-16)30-22(32)18(26)13-17-14-27-15-28-17/h2-4,6-7,14-15,18-21H,5,8-13,26H2,1H3,(H,27,28)(H,29,33)(H,30,32)(H,35,36). The van der Waals surface area contributed by atoms with Crippen LogP contribution in [0.15, 0.2) is 42.9 Å². The van der Waals surface area contributed by atoms with Crippen molar-refractivity contribution in [3.63, 3.8) is 0 Å². The van der Waals surface area contributed by atoms with Crippen molar-refractivity contribution in [1.82, 2.24) is 25.5 Å². The van der Waals surface area contributed by atoms with Crippen LogP contribution in [-0.2, 0) is 32.0 Å². The number of carboxylic acids is 1. The Balaban J connectivity index is 1.74. The molecule has 6 N–H and O–H groups in total. The maximum Gasteiger partial charge on any atom is 0.326 e. The largest absolute Gasteiger partial charge is 0.480 e. The summed E-state index contributed by atoms with van der Waals surface area (Å²) in [5.74, 6) is -1.93. The molecule has 1 aromatic carbocycles. The first kappa shape index (κ1) is 28.2. The number of likely N-dealkylation sites (tertiary alicyclic amines) is 1. The average Bonchev–Trinajstić information content (AvgIpc) is 3.58. The van der Waals surface area contributed by atoms with Crippen LogP contribution in [0.1, 0.15) is 30.5 Å². The number of carbonyl (C=O) groups excluding carboxylic acids is 3. The van der Waals surface area contributed by atoms with Gasteiger partial charge < -0.3 is 31.4 Å². The number of amides is 3. The van der Waals surface area contributed by atoms with E-state index < -0.39 is 47.9 Å². The molecular weight excluding hydrogens is 496 g/mol. The summed E-state index contributed by atoms with van der Waals surface area (Å²) >= 11 is 1.49. The number of H-pyrrole nitrogens is 1. The lowest BCUT2D eigenvalue weighted by Gasteiger charge is -2.30. The molecule has 1 saturated heterocycles. The number of aliphatic carboxylic acids is 1. The monoisotopic (exact) mass is 530 g/mol. The second-order valence-corrected chi connectivity index (χ2v) is 9.99. The predicted molar refractivity (Wildman–Crippen MR) is 140 cm³/mol. The SMILES string of the molecule is CSCCC(NC(=O)C1CCCN1C(=O)C(Cc1ccccc1)NC(=O)C(N)Cc1cnc[nH]1)C(=O)O. The van der Waals surface area contributed by atoms with Gasteiger partial charge in [0.25, 0.3) is 0 Å². The van der Waals surface area contributed by atoms with Crippen LogP contribution in [0, 0.1) is 0 Å². The molecule has 1 aromatic heterocycles. The van der Waals surface area contributed by atoms with Gasteiger partial charge in [-0.25, -0.2) is 9.78 Å². The van der Waals surface area contributed by atoms with E-state index in [1.807, 2.05) is 36.6 Å². The van der Waals surface area contributed by atoms with Crippen LogP contribution in [0.3, 0.4) is 0 Å². The van der Waals surface area contributed by atoms with Gasteiger partial charge in [-0.1, -0.05) is 30.3 Å². The van der Waals surface area contributed by atoms with Gasteiger partial charge in [0.1, 0.15) is 18.1 Å². The Morgan fingerprint density at radius 2 is 1.95 bits per heavy atom. The first-order chi connectivity index (χ1) is 17.8. The Bertz CT molecular complexity index is 1050. The highest BCUT2D eigenvalue weighted by Gasteiger charge is 2.39. The zero-order chi connectivity index (χ0) is 26.8. The van der Waals surface area contributed by atoms with E-state index in [4.69, 9.17) is 5.73 Å². The van der Waals surface area contributed by atoms with Crippen molar-refractivity contribution < 1.29 is 24.3 Å². The molecule has 3 rings (SSSR count). The fraction of sp³-hybridized carbons (Fsp3) is 0.480. The molecule has 12 heteroatoms. The topological polar surface area (TPSA) is 171 Å². The van der Waals surface area contributed by atoms with E-state index >= 15 is 0 Å². The van der Waals surface area contributed by atoms with E-state index in [1.165, 1.54) is 23.0 Å². The number of nitrogens with two attached hydrogens (primary N) is 1. The quantitative estimate of drug-likeness (QED) is 0.246. The number of hydrogen-bond acceptors (Lipinski definition) is 7. The van der Waals surface area contributed by atoms with Gasteiger partial charge >= 0.3 is 5.97 Å². The minimum atomic E-state index is -1.11. The zero-order valence-electron chi connectivity index (χ0n) is 20.8. The van der Waals surface area contributed by atoms with Crippen LogP contribution in [0.25, 0.3) is 0 Å². The summed E-state index contributed by atoms with van der Waals surface area (Å²) < 4.78 is 0. The lowest BCUT2D eigenvalue weighted by molar-refractivity contribution is -0.145. The number of nitrogens with zero attached hydrogens (tertiary/aromatic N) is 2. The van der Waals surface area contributed by atoms with E-state index in [1.54, 1.807) is 6.20 Å². The zero-order valence-corrected chi connectivity index (χ0v) is 21.6. The van der Waals surface area contributed by atoms with Crippen LogP contribution >= 0.6 is 11.8 Å². The van der Waals surface area contributed by atoms with Crippen molar-refractivity contribution in [2.75, 3.05) is 18.6 Å². The molecule has 1 aliphatic rings. The molecule has 1 fully saturated rings. The number of nitrogens with one attached hydrogen (secondary N) is 3. The van der Waals surface area contributed by atoms with Crippen molar-refractivity contribution in [3.8, 4) is 0 Å². The lowest BCUT2D eigenvalue weighted by atomic mass is 10.0. The summed E-state index contributed by atoms with van der Waals surface area (Å²) in [6.07, 6.45) is 6.67. The molecular formula is C25H34N6O5S. The van der Waals surface area contributed by atoms with Crippen molar-refractivity contribution >= 4 is 35.5 Å². The molecule has 0 radical (unpaired) electrons. The van der Waals surface area contributed by atoms with E-state index in [-0.39, 0.29) is 19.3 Å².